The molecule has 0 fully saturated rings. The van der Waals surface area contributed by atoms with Gasteiger partial charge in [-0.25, -0.2) is 0 Å². The summed E-state index contributed by atoms with van der Waals surface area (Å²) in [6.45, 7) is 10.7. The number of fused-ring (bicyclic) bond motifs is 4. The van der Waals surface area contributed by atoms with Crippen molar-refractivity contribution in [3.05, 3.63) is 110 Å². The summed E-state index contributed by atoms with van der Waals surface area (Å²) in [4.78, 5) is 0. The standard InChI is InChI=1S/C22H14O.C4H6.C2H6/c1-2-6-16-13-17(10-9-15(16)5-1)18-11-12-22-20(14-18)19-7-3-4-8-21(19)23-22;1-3-4-2;1-2/h1-14H;3-4H,1-2H2;1-2H3. The van der Waals surface area contributed by atoms with Crippen molar-refractivity contribution in [1.82, 2.24) is 0 Å². The molecule has 0 aliphatic carbocycles. The van der Waals surface area contributed by atoms with Crippen molar-refractivity contribution in [3.8, 4) is 11.1 Å². The van der Waals surface area contributed by atoms with Gasteiger partial charge >= 0.3 is 0 Å². The zero-order valence-electron chi connectivity index (χ0n) is 17.1. The van der Waals surface area contributed by atoms with Gasteiger partial charge in [0, 0.05) is 10.8 Å². The summed E-state index contributed by atoms with van der Waals surface area (Å²) < 4.78 is 5.91. The summed E-state index contributed by atoms with van der Waals surface area (Å²) in [7, 11) is 0. The first kappa shape index (κ1) is 20.2. The molecule has 0 saturated heterocycles. The van der Waals surface area contributed by atoms with Crippen molar-refractivity contribution in [2.75, 3.05) is 0 Å². The molecule has 0 aliphatic rings. The minimum Gasteiger partial charge on any atom is -0.456 e. The third kappa shape index (κ3) is 4.30. The highest BCUT2D eigenvalue weighted by molar-refractivity contribution is 6.06. The topological polar surface area (TPSA) is 13.1 Å². The van der Waals surface area contributed by atoms with Crippen LogP contribution in [0.4, 0.5) is 0 Å². The minimum atomic E-state index is 0.940. The Labute approximate surface area is 172 Å². The molecule has 4 aromatic carbocycles. The highest BCUT2D eigenvalue weighted by Gasteiger charge is 2.08. The number of para-hydroxylation sites is 1. The molecule has 1 nitrogen and oxygen atoms in total. The second-order valence-electron chi connectivity index (χ2n) is 6.34. The lowest BCUT2D eigenvalue weighted by Crippen LogP contribution is -1.79. The molecule has 144 valence electrons. The van der Waals surface area contributed by atoms with Crippen LogP contribution in [0.15, 0.2) is 115 Å². The van der Waals surface area contributed by atoms with E-state index in [0.29, 0.717) is 0 Å². The Kier molecular flexibility index (Phi) is 6.65. The molecule has 1 aromatic heterocycles. The van der Waals surface area contributed by atoms with Crippen molar-refractivity contribution >= 4 is 32.7 Å². The predicted molar refractivity (Wildman–Crippen MR) is 128 cm³/mol. The van der Waals surface area contributed by atoms with Crippen LogP contribution < -0.4 is 0 Å². The first-order chi connectivity index (χ1) is 14.3. The first-order valence-electron chi connectivity index (χ1n) is 9.94. The van der Waals surface area contributed by atoms with Crippen LogP contribution in [0.2, 0.25) is 0 Å². The van der Waals surface area contributed by atoms with Gasteiger partial charge in [-0.15, -0.1) is 0 Å². The molecule has 0 N–H and O–H groups in total. The van der Waals surface area contributed by atoms with E-state index < -0.39 is 0 Å². The molecule has 0 radical (unpaired) electrons. The van der Waals surface area contributed by atoms with Crippen molar-refractivity contribution < 1.29 is 4.42 Å². The lowest BCUT2D eigenvalue weighted by molar-refractivity contribution is 0.669. The molecular formula is C28H26O. The van der Waals surface area contributed by atoms with Crippen LogP contribution >= 0.6 is 0 Å². The monoisotopic (exact) mass is 378 g/mol. The smallest absolute Gasteiger partial charge is 0.135 e. The van der Waals surface area contributed by atoms with Crippen LogP contribution in [-0.2, 0) is 0 Å². The lowest BCUT2D eigenvalue weighted by Gasteiger charge is -2.04. The van der Waals surface area contributed by atoms with E-state index in [1.165, 1.54) is 32.7 Å². The molecule has 5 aromatic rings. The molecule has 0 unspecified atom stereocenters. The van der Waals surface area contributed by atoms with Crippen molar-refractivity contribution in [2.24, 2.45) is 0 Å². The number of benzene rings is 4. The van der Waals surface area contributed by atoms with Gasteiger partial charge in [-0.1, -0.05) is 99.8 Å². The maximum Gasteiger partial charge on any atom is 0.135 e. The van der Waals surface area contributed by atoms with Crippen LogP contribution in [0.3, 0.4) is 0 Å². The zero-order chi connectivity index (χ0) is 20.6. The van der Waals surface area contributed by atoms with Crippen LogP contribution in [0.25, 0.3) is 43.8 Å². The van der Waals surface area contributed by atoms with Gasteiger partial charge < -0.3 is 4.42 Å². The summed E-state index contributed by atoms with van der Waals surface area (Å²) in [5.41, 5.74) is 4.33. The number of furan rings is 1. The predicted octanol–water partition coefficient (Wildman–Crippen LogP) is 8.79. The SMILES string of the molecule is C=CC=C.CC.c1ccc2cc(-c3ccc4oc5ccccc5c4c3)ccc2c1. The molecule has 0 aliphatic heterocycles. The van der Waals surface area contributed by atoms with E-state index in [-0.39, 0.29) is 0 Å². The minimum absolute atomic E-state index is 0.940. The van der Waals surface area contributed by atoms with E-state index in [0.717, 1.165) is 11.2 Å². The molecule has 1 heterocycles. The summed E-state index contributed by atoms with van der Waals surface area (Å²) in [5.74, 6) is 0. The quantitative estimate of drug-likeness (QED) is 0.280. The summed E-state index contributed by atoms with van der Waals surface area (Å²) in [6, 6.07) is 29.7. The van der Waals surface area contributed by atoms with E-state index in [1.54, 1.807) is 12.2 Å². The highest BCUT2D eigenvalue weighted by Crippen LogP contribution is 2.33. The third-order valence-electron chi connectivity index (χ3n) is 4.63. The average molecular weight is 379 g/mol. The van der Waals surface area contributed by atoms with Gasteiger partial charge in [-0.3, -0.25) is 0 Å². The molecule has 0 bridgehead atoms. The Bertz CT molecular complexity index is 1250. The number of rotatable bonds is 2. The molecule has 0 amide bonds. The van der Waals surface area contributed by atoms with Crippen LogP contribution in [-0.4, -0.2) is 0 Å². The van der Waals surface area contributed by atoms with Gasteiger partial charge in [0.05, 0.1) is 0 Å². The summed E-state index contributed by atoms with van der Waals surface area (Å²) >= 11 is 0. The Hall–Kier alpha value is -3.58. The maximum atomic E-state index is 5.91. The van der Waals surface area contributed by atoms with Crippen molar-refractivity contribution in [3.63, 3.8) is 0 Å². The molecule has 5 rings (SSSR count). The molecule has 29 heavy (non-hydrogen) atoms. The van der Waals surface area contributed by atoms with E-state index in [9.17, 15) is 0 Å². The van der Waals surface area contributed by atoms with Gasteiger partial charge in [-0.05, 0) is 46.2 Å². The second kappa shape index (κ2) is 9.57. The normalized spacial score (nSPS) is 10.0. The molecular weight excluding hydrogens is 352 g/mol. The number of hydrogen-bond acceptors (Lipinski definition) is 1. The van der Waals surface area contributed by atoms with E-state index >= 15 is 0 Å². The maximum absolute atomic E-state index is 5.91. The summed E-state index contributed by atoms with van der Waals surface area (Å²) in [5, 5.41) is 4.88. The van der Waals surface area contributed by atoms with E-state index in [1.807, 2.05) is 26.0 Å². The molecule has 0 spiro atoms. The Balaban J connectivity index is 0.000000361. The van der Waals surface area contributed by atoms with Gasteiger partial charge in [0.15, 0.2) is 0 Å². The average Bonchev–Trinajstić information content (AvgIpc) is 3.18. The third-order valence-corrected chi connectivity index (χ3v) is 4.63. The van der Waals surface area contributed by atoms with Gasteiger partial charge in [0.25, 0.3) is 0 Å². The van der Waals surface area contributed by atoms with Crippen LogP contribution in [0.5, 0.6) is 0 Å². The fraction of sp³-hybridized carbons (Fsp3) is 0.0714. The molecule has 0 saturated carbocycles. The Morgan fingerprint density at radius 3 is 1.93 bits per heavy atom. The summed E-state index contributed by atoms with van der Waals surface area (Å²) in [6.07, 6.45) is 3.28. The number of hydrogen-bond donors (Lipinski definition) is 0. The lowest BCUT2D eigenvalue weighted by atomic mass is 10.00. The van der Waals surface area contributed by atoms with E-state index in [4.69, 9.17) is 4.42 Å². The Morgan fingerprint density at radius 1 is 0.586 bits per heavy atom. The molecule has 1 heteroatoms. The largest absolute Gasteiger partial charge is 0.456 e. The first-order valence-corrected chi connectivity index (χ1v) is 9.94. The fourth-order valence-corrected chi connectivity index (χ4v) is 3.27. The van der Waals surface area contributed by atoms with Gasteiger partial charge in [-0.2, -0.15) is 0 Å². The van der Waals surface area contributed by atoms with Gasteiger partial charge in [0.1, 0.15) is 11.2 Å². The van der Waals surface area contributed by atoms with E-state index in [2.05, 4.69) is 86.0 Å². The molecule has 0 atom stereocenters. The fourth-order valence-electron chi connectivity index (χ4n) is 3.27. The van der Waals surface area contributed by atoms with Crippen molar-refractivity contribution in [1.29, 1.82) is 0 Å². The van der Waals surface area contributed by atoms with Crippen LogP contribution in [0.1, 0.15) is 13.8 Å². The highest BCUT2D eigenvalue weighted by atomic mass is 16.3. The van der Waals surface area contributed by atoms with Crippen LogP contribution in [0, 0.1) is 0 Å². The van der Waals surface area contributed by atoms with Crippen molar-refractivity contribution in [2.45, 2.75) is 13.8 Å². The van der Waals surface area contributed by atoms with Gasteiger partial charge in [0.2, 0.25) is 0 Å². The number of allylic oxidation sites excluding steroid dienone is 2. The zero-order valence-corrected chi connectivity index (χ0v) is 17.1. The Morgan fingerprint density at radius 2 is 1.17 bits per heavy atom. The second-order valence-corrected chi connectivity index (χ2v) is 6.34.